The summed E-state index contributed by atoms with van der Waals surface area (Å²) in [5.74, 6) is 0.239. The third-order valence-corrected chi connectivity index (χ3v) is 3.14. The molecule has 1 aliphatic heterocycles. The number of hydrogen-bond donors (Lipinski definition) is 1. The first kappa shape index (κ1) is 12.1. The summed E-state index contributed by atoms with van der Waals surface area (Å²) in [5, 5.41) is 9.68. The Kier molecular flexibility index (Phi) is 3.76. The van der Waals surface area contributed by atoms with Gasteiger partial charge in [-0.1, -0.05) is 12.1 Å². The number of benzene rings is 1. The largest absolute Gasteiger partial charge is 0.508 e. The highest BCUT2D eigenvalue weighted by molar-refractivity contribution is 5.62. The molecule has 0 aromatic heterocycles. The quantitative estimate of drug-likeness (QED) is 0.802. The van der Waals surface area contributed by atoms with Crippen molar-refractivity contribution in [2.75, 3.05) is 26.3 Å². The van der Waals surface area contributed by atoms with Gasteiger partial charge in [-0.05, 0) is 24.1 Å². The van der Waals surface area contributed by atoms with E-state index in [1.807, 2.05) is 19.1 Å². The first-order valence-electron chi connectivity index (χ1n) is 5.79. The van der Waals surface area contributed by atoms with E-state index >= 15 is 0 Å². The minimum absolute atomic E-state index is 0.239. The molecule has 0 bridgehead atoms. The number of carbonyl (C=O) groups is 1. The maximum atomic E-state index is 11.2. The molecule has 1 atom stereocenters. The summed E-state index contributed by atoms with van der Waals surface area (Å²) in [5.41, 5.74) is 1.66. The van der Waals surface area contributed by atoms with Crippen LogP contribution in [0.4, 0.5) is 0 Å². The fraction of sp³-hybridized carbons (Fsp3) is 0.462. The lowest BCUT2D eigenvalue weighted by atomic mass is 10.0. The summed E-state index contributed by atoms with van der Waals surface area (Å²) >= 11 is 0. The van der Waals surface area contributed by atoms with E-state index in [1.165, 1.54) is 0 Å². The van der Waals surface area contributed by atoms with Crippen LogP contribution in [0.15, 0.2) is 18.2 Å². The van der Waals surface area contributed by atoms with Crippen LogP contribution in [0.3, 0.4) is 0 Å². The van der Waals surface area contributed by atoms with Gasteiger partial charge >= 0.3 is 0 Å². The topological polar surface area (TPSA) is 49.8 Å². The maximum absolute atomic E-state index is 11.2. The number of ether oxygens (including phenoxy) is 1. The minimum atomic E-state index is -0.287. The van der Waals surface area contributed by atoms with Crippen LogP contribution in [0.5, 0.6) is 5.75 Å². The van der Waals surface area contributed by atoms with Gasteiger partial charge in [0, 0.05) is 13.1 Å². The molecule has 4 nitrogen and oxygen atoms in total. The van der Waals surface area contributed by atoms with E-state index in [9.17, 15) is 9.90 Å². The van der Waals surface area contributed by atoms with Crippen LogP contribution < -0.4 is 0 Å². The van der Waals surface area contributed by atoms with E-state index in [0.717, 1.165) is 30.5 Å². The van der Waals surface area contributed by atoms with Gasteiger partial charge in [-0.25, -0.2) is 0 Å². The van der Waals surface area contributed by atoms with E-state index in [1.54, 1.807) is 6.07 Å². The van der Waals surface area contributed by atoms with Gasteiger partial charge in [0.05, 0.1) is 19.3 Å². The average Bonchev–Trinajstić information content (AvgIpc) is 2.36. The molecule has 0 spiro atoms. The Morgan fingerprint density at radius 2 is 2.12 bits per heavy atom. The van der Waals surface area contributed by atoms with Crippen molar-refractivity contribution in [2.24, 2.45) is 0 Å². The van der Waals surface area contributed by atoms with Gasteiger partial charge in [0.1, 0.15) is 12.0 Å². The number of hydrogen-bond acceptors (Lipinski definition) is 4. The highest BCUT2D eigenvalue weighted by Crippen LogP contribution is 2.25. The van der Waals surface area contributed by atoms with E-state index in [0.29, 0.717) is 13.2 Å². The molecule has 0 aliphatic carbocycles. The number of morpholine rings is 1. The van der Waals surface area contributed by atoms with Crippen LogP contribution in [0.2, 0.25) is 0 Å². The second-order valence-corrected chi connectivity index (χ2v) is 4.28. The van der Waals surface area contributed by atoms with Crippen molar-refractivity contribution in [2.45, 2.75) is 13.0 Å². The van der Waals surface area contributed by atoms with Gasteiger partial charge < -0.3 is 14.6 Å². The predicted molar refractivity (Wildman–Crippen MR) is 64.0 cm³/mol. The Hall–Kier alpha value is -1.39. The van der Waals surface area contributed by atoms with Crippen LogP contribution in [0.25, 0.3) is 0 Å². The number of aromatic hydroxyl groups is 1. The van der Waals surface area contributed by atoms with Gasteiger partial charge in [-0.15, -0.1) is 0 Å². The monoisotopic (exact) mass is 235 g/mol. The summed E-state index contributed by atoms with van der Waals surface area (Å²) in [7, 11) is 0. The number of aldehydes is 1. The third-order valence-electron chi connectivity index (χ3n) is 3.14. The molecule has 92 valence electrons. The van der Waals surface area contributed by atoms with Crippen molar-refractivity contribution in [1.82, 2.24) is 4.90 Å². The second-order valence-electron chi connectivity index (χ2n) is 4.28. The molecule has 1 aromatic carbocycles. The molecule has 1 aromatic rings. The third kappa shape index (κ3) is 2.65. The molecule has 4 heteroatoms. The fourth-order valence-electron chi connectivity index (χ4n) is 2.04. The summed E-state index contributed by atoms with van der Waals surface area (Å²) < 4.78 is 5.27. The van der Waals surface area contributed by atoms with Crippen molar-refractivity contribution >= 4 is 6.29 Å². The highest BCUT2D eigenvalue weighted by atomic mass is 16.5. The number of phenols is 1. The standard InChI is InChI=1S/C13H17NO3/c1-10-2-3-11(8-13(10)16)12(9-15)14-4-6-17-7-5-14/h2-3,8-9,12,16H,4-7H2,1H3. The van der Waals surface area contributed by atoms with Crippen LogP contribution in [0.1, 0.15) is 17.2 Å². The van der Waals surface area contributed by atoms with Crippen LogP contribution in [0, 0.1) is 6.92 Å². The normalized spacial score (nSPS) is 18.9. The van der Waals surface area contributed by atoms with Crippen molar-refractivity contribution in [1.29, 1.82) is 0 Å². The SMILES string of the molecule is Cc1ccc(C(C=O)N2CCOCC2)cc1O. The first-order chi connectivity index (χ1) is 8.22. The molecular formula is C13H17NO3. The molecule has 1 aliphatic rings. The molecule has 1 saturated heterocycles. The summed E-state index contributed by atoms with van der Waals surface area (Å²) in [4.78, 5) is 13.3. The van der Waals surface area contributed by atoms with Gasteiger partial charge in [0.25, 0.3) is 0 Å². The molecule has 1 unspecified atom stereocenters. The molecule has 2 rings (SSSR count). The maximum Gasteiger partial charge on any atom is 0.141 e. The van der Waals surface area contributed by atoms with Crippen LogP contribution in [-0.4, -0.2) is 42.6 Å². The minimum Gasteiger partial charge on any atom is -0.508 e. The van der Waals surface area contributed by atoms with Gasteiger partial charge in [-0.3, -0.25) is 4.90 Å². The summed E-state index contributed by atoms with van der Waals surface area (Å²) in [6.07, 6.45) is 0.926. The fourth-order valence-corrected chi connectivity index (χ4v) is 2.04. The molecule has 0 radical (unpaired) electrons. The lowest BCUT2D eigenvalue weighted by Gasteiger charge is -2.31. The van der Waals surface area contributed by atoms with E-state index in [2.05, 4.69) is 4.90 Å². The molecule has 0 amide bonds. The zero-order valence-electron chi connectivity index (χ0n) is 9.93. The van der Waals surface area contributed by atoms with Crippen molar-refractivity contribution in [3.05, 3.63) is 29.3 Å². The second kappa shape index (κ2) is 5.29. The predicted octanol–water partition coefficient (Wildman–Crippen LogP) is 1.27. The zero-order chi connectivity index (χ0) is 12.3. The van der Waals surface area contributed by atoms with E-state index < -0.39 is 0 Å². The van der Waals surface area contributed by atoms with Crippen molar-refractivity contribution < 1.29 is 14.6 Å². The molecule has 1 N–H and O–H groups in total. The van der Waals surface area contributed by atoms with Gasteiger partial charge in [0.2, 0.25) is 0 Å². The number of nitrogens with zero attached hydrogens (tertiary/aromatic N) is 1. The Morgan fingerprint density at radius 3 is 2.71 bits per heavy atom. The van der Waals surface area contributed by atoms with Crippen LogP contribution >= 0.6 is 0 Å². The highest BCUT2D eigenvalue weighted by Gasteiger charge is 2.22. The average molecular weight is 235 g/mol. The zero-order valence-corrected chi connectivity index (χ0v) is 9.93. The molecule has 17 heavy (non-hydrogen) atoms. The first-order valence-corrected chi connectivity index (χ1v) is 5.79. The van der Waals surface area contributed by atoms with Crippen molar-refractivity contribution in [3.8, 4) is 5.75 Å². The van der Waals surface area contributed by atoms with E-state index in [4.69, 9.17) is 4.74 Å². The lowest BCUT2D eigenvalue weighted by Crippen LogP contribution is -2.39. The Balaban J connectivity index is 2.21. The number of aryl methyl sites for hydroxylation is 1. The summed E-state index contributed by atoms with van der Waals surface area (Å²) in [6, 6.07) is 5.11. The molecule has 1 fully saturated rings. The Labute approximate surface area is 101 Å². The smallest absolute Gasteiger partial charge is 0.141 e. The molecule has 1 heterocycles. The molecular weight excluding hydrogens is 218 g/mol. The Morgan fingerprint density at radius 1 is 1.41 bits per heavy atom. The Bertz CT molecular complexity index is 400. The lowest BCUT2D eigenvalue weighted by molar-refractivity contribution is -0.114. The van der Waals surface area contributed by atoms with Gasteiger partial charge in [0.15, 0.2) is 0 Å². The summed E-state index contributed by atoms with van der Waals surface area (Å²) in [6.45, 7) is 4.64. The number of carbonyl (C=O) groups excluding carboxylic acids is 1. The van der Waals surface area contributed by atoms with E-state index in [-0.39, 0.29) is 11.8 Å². The number of rotatable bonds is 3. The van der Waals surface area contributed by atoms with Crippen LogP contribution in [-0.2, 0) is 9.53 Å². The van der Waals surface area contributed by atoms with Crippen molar-refractivity contribution in [3.63, 3.8) is 0 Å². The van der Waals surface area contributed by atoms with Gasteiger partial charge in [-0.2, -0.15) is 0 Å². The molecule has 0 saturated carbocycles. The number of phenolic OH excluding ortho intramolecular Hbond substituents is 1.